The molecular weight excluding hydrogens is 295 g/mol. The topological polar surface area (TPSA) is 65.1 Å². The number of benzene rings is 1. The van der Waals surface area contributed by atoms with Gasteiger partial charge in [-0.1, -0.05) is 22.8 Å². The normalized spacial score (nSPS) is 19.7. The third-order valence-corrected chi connectivity index (χ3v) is 4.19. The smallest absolute Gasteiger partial charge is 0.156 e. The van der Waals surface area contributed by atoms with Gasteiger partial charge < -0.3 is 10.9 Å². The van der Waals surface area contributed by atoms with Gasteiger partial charge >= 0.3 is 0 Å². The molecule has 1 aromatic rings. The molecule has 1 aromatic carbocycles. The first-order valence-electron chi connectivity index (χ1n) is 6.89. The first-order chi connectivity index (χ1) is 10.0. The van der Waals surface area contributed by atoms with E-state index in [0.29, 0.717) is 6.54 Å². The second-order valence-electron chi connectivity index (χ2n) is 5.26. The van der Waals surface area contributed by atoms with Crippen molar-refractivity contribution in [1.82, 2.24) is 9.80 Å². The molecule has 1 saturated heterocycles. The van der Waals surface area contributed by atoms with Gasteiger partial charge in [0, 0.05) is 32.7 Å². The van der Waals surface area contributed by atoms with Crippen LogP contribution in [-0.2, 0) is 6.54 Å². The standard InChI is InChI=1S/C14H20ClFN4O/c1-10(14(17)18-21)20-6-4-19(5-7-20)9-11-2-3-12(15)13(16)8-11/h2-3,8,10,21H,4-7,9H2,1H3,(H2,17,18). The van der Waals surface area contributed by atoms with Crippen LogP contribution in [0.4, 0.5) is 4.39 Å². The van der Waals surface area contributed by atoms with Crippen molar-refractivity contribution in [1.29, 1.82) is 0 Å². The quantitative estimate of drug-likeness (QED) is 0.384. The largest absolute Gasteiger partial charge is 0.409 e. The van der Waals surface area contributed by atoms with E-state index in [4.69, 9.17) is 22.5 Å². The highest BCUT2D eigenvalue weighted by Crippen LogP contribution is 2.17. The Morgan fingerprint density at radius 1 is 1.43 bits per heavy atom. The van der Waals surface area contributed by atoms with Crippen molar-refractivity contribution in [3.05, 3.63) is 34.6 Å². The Morgan fingerprint density at radius 3 is 2.67 bits per heavy atom. The van der Waals surface area contributed by atoms with Crippen molar-refractivity contribution in [3.8, 4) is 0 Å². The van der Waals surface area contributed by atoms with E-state index in [9.17, 15) is 4.39 Å². The Morgan fingerprint density at radius 2 is 2.10 bits per heavy atom. The molecule has 21 heavy (non-hydrogen) atoms. The monoisotopic (exact) mass is 314 g/mol. The van der Waals surface area contributed by atoms with Crippen LogP contribution in [0.5, 0.6) is 0 Å². The number of nitrogens with zero attached hydrogens (tertiary/aromatic N) is 3. The van der Waals surface area contributed by atoms with Crippen LogP contribution in [-0.4, -0.2) is 53.1 Å². The zero-order valence-electron chi connectivity index (χ0n) is 12.0. The van der Waals surface area contributed by atoms with Gasteiger partial charge in [-0.3, -0.25) is 9.80 Å². The molecule has 1 aliphatic rings. The van der Waals surface area contributed by atoms with Gasteiger partial charge in [0.2, 0.25) is 0 Å². The molecule has 7 heteroatoms. The molecular formula is C14H20ClFN4O. The van der Waals surface area contributed by atoms with Gasteiger partial charge in [0.25, 0.3) is 0 Å². The van der Waals surface area contributed by atoms with Crippen LogP contribution < -0.4 is 5.73 Å². The number of hydrogen-bond donors (Lipinski definition) is 2. The van der Waals surface area contributed by atoms with Crippen LogP contribution in [0.1, 0.15) is 12.5 Å². The van der Waals surface area contributed by atoms with Crippen molar-refractivity contribution in [2.75, 3.05) is 26.2 Å². The number of amidine groups is 1. The predicted molar refractivity (Wildman–Crippen MR) is 81.1 cm³/mol. The molecule has 3 N–H and O–H groups in total. The molecule has 2 rings (SSSR count). The van der Waals surface area contributed by atoms with Crippen LogP contribution >= 0.6 is 11.6 Å². The number of piperazine rings is 1. The molecule has 5 nitrogen and oxygen atoms in total. The lowest BCUT2D eigenvalue weighted by Crippen LogP contribution is -2.52. The fourth-order valence-corrected chi connectivity index (χ4v) is 2.59. The fraction of sp³-hybridized carbons (Fsp3) is 0.500. The Kier molecular flexibility index (Phi) is 5.39. The van der Waals surface area contributed by atoms with Gasteiger partial charge in [-0.15, -0.1) is 0 Å². The third-order valence-electron chi connectivity index (χ3n) is 3.89. The molecule has 0 bridgehead atoms. The minimum absolute atomic E-state index is 0.0786. The van der Waals surface area contributed by atoms with Crippen molar-refractivity contribution in [3.63, 3.8) is 0 Å². The molecule has 0 radical (unpaired) electrons. The maximum absolute atomic E-state index is 13.4. The van der Waals surface area contributed by atoms with Gasteiger partial charge in [-0.05, 0) is 24.6 Å². The SMILES string of the molecule is CC(/C(N)=N/O)N1CCN(Cc2ccc(Cl)c(F)c2)CC1. The van der Waals surface area contributed by atoms with E-state index in [1.54, 1.807) is 6.07 Å². The van der Waals surface area contributed by atoms with Crippen molar-refractivity contribution in [2.45, 2.75) is 19.5 Å². The van der Waals surface area contributed by atoms with Crippen molar-refractivity contribution in [2.24, 2.45) is 10.9 Å². The predicted octanol–water partition coefficient (Wildman–Crippen LogP) is 1.73. The summed E-state index contributed by atoms with van der Waals surface area (Å²) in [5.41, 5.74) is 6.54. The Bertz CT molecular complexity index is 518. The highest BCUT2D eigenvalue weighted by atomic mass is 35.5. The first kappa shape index (κ1) is 16.0. The second-order valence-corrected chi connectivity index (χ2v) is 5.67. The maximum Gasteiger partial charge on any atom is 0.156 e. The van der Waals surface area contributed by atoms with E-state index in [2.05, 4.69) is 15.0 Å². The number of oxime groups is 1. The van der Waals surface area contributed by atoms with Crippen LogP contribution in [0.3, 0.4) is 0 Å². The van der Waals surface area contributed by atoms with Gasteiger partial charge in [0.05, 0.1) is 11.1 Å². The lowest BCUT2D eigenvalue weighted by Gasteiger charge is -2.37. The summed E-state index contributed by atoms with van der Waals surface area (Å²) in [6.45, 7) is 5.97. The summed E-state index contributed by atoms with van der Waals surface area (Å²) in [5.74, 6) is -0.156. The molecule has 1 fully saturated rings. The van der Waals surface area contributed by atoms with E-state index < -0.39 is 0 Å². The van der Waals surface area contributed by atoms with Gasteiger partial charge in [0.1, 0.15) is 5.82 Å². The summed E-state index contributed by atoms with van der Waals surface area (Å²) >= 11 is 5.68. The van der Waals surface area contributed by atoms with Crippen LogP contribution in [0.25, 0.3) is 0 Å². The summed E-state index contributed by atoms with van der Waals surface area (Å²) in [7, 11) is 0. The summed E-state index contributed by atoms with van der Waals surface area (Å²) < 4.78 is 13.4. The summed E-state index contributed by atoms with van der Waals surface area (Å²) in [5, 5.41) is 11.9. The number of rotatable bonds is 4. The fourth-order valence-electron chi connectivity index (χ4n) is 2.48. The van der Waals surface area contributed by atoms with Gasteiger partial charge in [-0.2, -0.15) is 0 Å². The first-order valence-corrected chi connectivity index (χ1v) is 7.27. The minimum Gasteiger partial charge on any atom is -0.409 e. The molecule has 1 heterocycles. The third kappa shape index (κ3) is 4.06. The second kappa shape index (κ2) is 7.06. The molecule has 116 valence electrons. The Hall–Kier alpha value is -1.37. The molecule has 0 aromatic heterocycles. The highest BCUT2D eigenvalue weighted by molar-refractivity contribution is 6.30. The van der Waals surface area contributed by atoms with E-state index in [1.807, 2.05) is 13.0 Å². The average molecular weight is 315 g/mol. The molecule has 1 atom stereocenters. The maximum atomic E-state index is 13.4. The van der Waals surface area contributed by atoms with E-state index in [1.165, 1.54) is 6.07 Å². The van der Waals surface area contributed by atoms with E-state index in [-0.39, 0.29) is 22.7 Å². The van der Waals surface area contributed by atoms with Crippen molar-refractivity contribution >= 4 is 17.4 Å². The minimum atomic E-state index is -0.381. The van der Waals surface area contributed by atoms with Crippen LogP contribution in [0, 0.1) is 5.82 Å². The zero-order chi connectivity index (χ0) is 15.4. The van der Waals surface area contributed by atoms with Gasteiger partial charge in [-0.25, -0.2) is 4.39 Å². The summed E-state index contributed by atoms with van der Waals surface area (Å²) in [6.07, 6.45) is 0. The van der Waals surface area contributed by atoms with E-state index in [0.717, 1.165) is 31.7 Å². The molecule has 0 aliphatic carbocycles. The van der Waals surface area contributed by atoms with Crippen LogP contribution in [0.15, 0.2) is 23.4 Å². The van der Waals surface area contributed by atoms with E-state index >= 15 is 0 Å². The van der Waals surface area contributed by atoms with Crippen LogP contribution in [0.2, 0.25) is 5.02 Å². The lowest BCUT2D eigenvalue weighted by atomic mass is 10.1. The molecule has 0 spiro atoms. The number of nitrogens with two attached hydrogens (primary N) is 1. The molecule has 1 aliphatic heterocycles. The zero-order valence-corrected chi connectivity index (χ0v) is 12.7. The average Bonchev–Trinajstić information content (AvgIpc) is 2.50. The van der Waals surface area contributed by atoms with Gasteiger partial charge in [0.15, 0.2) is 5.84 Å². The Balaban J connectivity index is 1.88. The van der Waals surface area contributed by atoms with Crippen molar-refractivity contribution < 1.29 is 9.60 Å². The summed E-state index contributed by atoms with van der Waals surface area (Å²) in [4.78, 5) is 4.41. The number of halogens is 2. The molecule has 0 amide bonds. The summed E-state index contributed by atoms with van der Waals surface area (Å²) in [6, 6.07) is 4.83. The molecule has 1 unspecified atom stereocenters. The number of hydrogen-bond acceptors (Lipinski definition) is 4. The molecule has 0 saturated carbocycles. The Labute approximate surface area is 128 Å². The highest BCUT2D eigenvalue weighted by Gasteiger charge is 2.23. The lowest BCUT2D eigenvalue weighted by molar-refractivity contribution is 0.116.